The summed E-state index contributed by atoms with van der Waals surface area (Å²) in [7, 11) is 0. The summed E-state index contributed by atoms with van der Waals surface area (Å²) in [5, 5.41) is 3.76. The molecule has 3 atom stereocenters. The number of ether oxygens (including phenoxy) is 1. The fraction of sp³-hybridized carbons (Fsp3) is 1.00. The van der Waals surface area contributed by atoms with Crippen LogP contribution in [0.25, 0.3) is 0 Å². The van der Waals surface area contributed by atoms with Crippen LogP contribution in [-0.4, -0.2) is 49.8 Å². The topological polar surface area (TPSA) is 24.5 Å². The molecule has 3 unspecified atom stereocenters. The van der Waals surface area contributed by atoms with Gasteiger partial charge in [-0.3, -0.25) is 4.90 Å². The molecule has 0 amide bonds. The molecule has 0 radical (unpaired) electrons. The molecular formula is C14H26N2O. The molecule has 0 aromatic carbocycles. The standard InChI is InChI=1S/C14H26N2O/c1-2-13-7-15-14(12-3-4-12)9-16(13)8-11-5-6-17-10-11/h11-15H,2-10H2,1H3. The molecule has 1 saturated carbocycles. The van der Waals surface area contributed by atoms with E-state index in [2.05, 4.69) is 17.1 Å². The molecule has 2 heterocycles. The molecule has 0 aromatic rings. The normalized spacial score (nSPS) is 39.7. The first kappa shape index (κ1) is 11.9. The Morgan fingerprint density at radius 1 is 1.29 bits per heavy atom. The van der Waals surface area contributed by atoms with Crippen molar-refractivity contribution in [2.45, 2.75) is 44.7 Å². The van der Waals surface area contributed by atoms with E-state index in [-0.39, 0.29) is 0 Å². The molecule has 1 N–H and O–H groups in total. The maximum absolute atomic E-state index is 5.51. The fourth-order valence-electron chi connectivity index (χ4n) is 3.38. The van der Waals surface area contributed by atoms with Gasteiger partial charge >= 0.3 is 0 Å². The second-order valence-electron chi connectivity index (χ2n) is 6.10. The molecule has 3 rings (SSSR count). The summed E-state index contributed by atoms with van der Waals surface area (Å²) in [6, 6.07) is 1.53. The maximum atomic E-state index is 5.51. The van der Waals surface area contributed by atoms with Crippen LogP contribution < -0.4 is 5.32 Å². The number of rotatable bonds is 4. The molecule has 17 heavy (non-hydrogen) atoms. The van der Waals surface area contributed by atoms with Crippen molar-refractivity contribution in [2.75, 3.05) is 32.8 Å². The Kier molecular flexibility index (Phi) is 3.69. The van der Waals surface area contributed by atoms with Crippen molar-refractivity contribution in [1.29, 1.82) is 0 Å². The molecule has 0 aromatic heterocycles. The van der Waals surface area contributed by atoms with Gasteiger partial charge in [0.05, 0.1) is 6.61 Å². The number of nitrogens with zero attached hydrogens (tertiary/aromatic N) is 1. The fourth-order valence-corrected chi connectivity index (χ4v) is 3.38. The van der Waals surface area contributed by atoms with Crippen LogP contribution in [0.5, 0.6) is 0 Å². The lowest BCUT2D eigenvalue weighted by Gasteiger charge is -2.41. The van der Waals surface area contributed by atoms with Crippen molar-refractivity contribution in [1.82, 2.24) is 10.2 Å². The Morgan fingerprint density at radius 3 is 2.82 bits per heavy atom. The lowest BCUT2D eigenvalue weighted by molar-refractivity contribution is 0.0938. The molecule has 3 nitrogen and oxygen atoms in total. The van der Waals surface area contributed by atoms with E-state index in [1.54, 1.807) is 0 Å². The first-order valence-electron chi connectivity index (χ1n) is 7.42. The number of nitrogens with one attached hydrogen (secondary N) is 1. The molecule has 2 aliphatic heterocycles. The average molecular weight is 238 g/mol. The highest BCUT2D eigenvalue weighted by Crippen LogP contribution is 2.34. The van der Waals surface area contributed by atoms with Crippen LogP contribution in [0.4, 0.5) is 0 Å². The van der Waals surface area contributed by atoms with Crippen molar-refractivity contribution < 1.29 is 4.74 Å². The summed E-state index contributed by atoms with van der Waals surface area (Å²) in [5.41, 5.74) is 0. The van der Waals surface area contributed by atoms with Gasteiger partial charge in [0.2, 0.25) is 0 Å². The molecule has 3 fully saturated rings. The summed E-state index contributed by atoms with van der Waals surface area (Å²) in [4.78, 5) is 2.75. The molecule has 1 aliphatic carbocycles. The minimum Gasteiger partial charge on any atom is -0.381 e. The second kappa shape index (κ2) is 5.25. The van der Waals surface area contributed by atoms with E-state index in [4.69, 9.17) is 4.74 Å². The smallest absolute Gasteiger partial charge is 0.0507 e. The van der Waals surface area contributed by atoms with Gasteiger partial charge in [0.1, 0.15) is 0 Å². The summed E-state index contributed by atoms with van der Waals surface area (Å²) in [6.07, 6.45) is 5.45. The van der Waals surface area contributed by atoms with Crippen molar-refractivity contribution in [3.8, 4) is 0 Å². The molecule has 3 aliphatic rings. The lowest BCUT2D eigenvalue weighted by Crippen LogP contribution is -2.57. The van der Waals surface area contributed by atoms with Crippen molar-refractivity contribution in [3.05, 3.63) is 0 Å². The largest absolute Gasteiger partial charge is 0.381 e. The SMILES string of the molecule is CCC1CNC(C2CC2)CN1CC1CCOC1. The van der Waals surface area contributed by atoms with Gasteiger partial charge in [0.25, 0.3) is 0 Å². The van der Waals surface area contributed by atoms with Gasteiger partial charge in [0.15, 0.2) is 0 Å². The number of hydrogen-bond acceptors (Lipinski definition) is 3. The van der Waals surface area contributed by atoms with Crippen LogP contribution in [0.2, 0.25) is 0 Å². The summed E-state index contributed by atoms with van der Waals surface area (Å²) >= 11 is 0. The Morgan fingerprint density at radius 2 is 2.18 bits per heavy atom. The third-order valence-corrected chi connectivity index (χ3v) is 4.74. The summed E-state index contributed by atoms with van der Waals surface area (Å²) < 4.78 is 5.51. The maximum Gasteiger partial charge on any atom is 0.0507 e. The van der Waals surface area contributed by atoms with Gasteiger partial charge in [-0.05, 0) is 37.5 Å². The van der Waals surface area contributed by atoms with E-state index in [1.807, 2.05) is 0 Å². The first-order valence-corrected chi connectivity index (χ1v) is 7.42. The number of hydrogen-bond donors (Lipinski definition) is 1. The predicted molar refractivity (Wildman–Crippen MR) is 69.1 cm³/mol. The third-order valence-electron chi connectivity index (χ3n) is 4.74. The van der Waals surface area contributed by atoms with Crippen molar-refractivity contribution in [2.24, 2.45) is 11.8 Å². The highest BCUT2D eigenvalue weighted by molar-refractivity contribution is 4.94. The van der Waals surface area contributed by atoms with E-state index >= 15 is 0 Å². The van der Waals surface area contributed by atoms with Gasteiger partial charge in [-0.25, -0.2) is 0 Å². The molecule has 0 spiro atoms. The van der Waals surface area contributed by atoms with Crippen LogP contribution >= 0.6 is 0 Å². The van der Waals surface area contributed by atoms with Crippen molar-refractivity contribution in [3.63, 3.8) is 0 Å². The Bertz CT molecular complexity index is 247. The molecule has 3 heteroatoms. The molecule has 98 valence electrons. The highest BCUT2D eigenvalue weighted by atomic mass is 16.5. The lowest BCUT2D eigenvalue weighted by atomic mass is 10.0. The van der Waals surface area contributed by atoms with Gasteiger partial charge < -0.3 is 10.1 Å². The molecule has 2 saturated heterocycles. The monoisotopic (exact) mass is 238 g/mol. The Hall–Kier alpha value is -0.120. The van der Waals surface area contributed by atoms with Gasteiger partial charge in [-0.1, -0.05) is 6.92 Å². The Balaban J connectivity index is 1.56. The minimum atomic E-state index is 0.755. The van der Waals surface area contributed by atoms with Crippen LogP contribution in [0.1, 0.15) is 32.6 Å². The van der Waals surface area contributed by atoms with E-state index in [0.29, 0.717) is 0 Å². The van der Waals surface area contributed by atoms with Crippen LogP contribution in [-0.2, 0) is 4.74 Å². The quantitative estimate of drug-likeness (QED) is 0.803. The summed E-state index contributed by atoms with van der Waals surface area (Å²) in [6.45, 7) is 8.05. The highest BCUT2D eigenvalue weighted by Gasteiger charge is 2.37. The van der Waals surface area contributed by atoms with E-state index in [1.165, 1.54) is 45.3 Å². The van der Waals surface area contributed by atoms with E-state index in [0.717, 1.165) is 37.1 Å². The first-order chi connectivity index (χ1) is 8.36. The minimum absolute atomic E-state index is 0.755. The van der Waals surface area contributed by atoms with Crippen LogP contribution in [0.3, 0.4) is 0 Å². The third kappa shape index (κ3) is 2.83. The predicted octanol–water partition coefficient (Wildman–Crippen LogP) is 1.49. The summed E-state index contributed by atoms with van der Waals surface area (Å²) in [5.74, 6) is 1.78. The number of piperazine rings is 1. The zero-order chi connectivity index (χ0) is 11.7. The van der Waals surface area contributed by atoms with E-state index in [9.17, 15) is 0 Å². The van der Waals surface area contributed by atoms with Gasteiger partial charge in [-0.15, -0.1) is 0 Å². The van der Waals surface area contributed by atoms with Crippen LogP contribution in [0, 0.1) is 11.8 Å². The second-order valence-corrected chi connectivity index (χ2v) is 6.10. The molecule has 0 bridgehead atoms. The zero-order valence-corrected chi connectivity index (χ0v) is 11.0. The average Bonchev–Trinajstić information content (AvgIpc) is 3.09. The zero-order valence-electron chi connectivity index (χ0n) is 11.0. The van der Waals surface area contributed by atoms with Crippen molar-refractivity contribution >= 4 is 0 Å². The molecular weight excluding hydrogens is 212 g/mol. The van der Waals surface area contributed by atoms with Crippen LogP contribution in [0.15, 0.2) is 0 Å². The van der Waals surface area contributed by atoms with Gasteiger partial charge in [-0.2, -0.15) is 0 Å². The van der Waals surface area contributed by atoms with Gasteiger partial charge in [0, 0.05) is 38.3 Å². The Labute approximate surface area is 105 Å². The van der Waals surface area contributed by atoms with E-state index < -0.39 is 0 Å².